The normalized spacial score (nSPS) is 11.0. The number of thiophene rings is 1. The minimum atomic E-state index is -1.20. The van der Waals surface area contributed by atoms with Crippen LogP contribution in [0.15, 0.2) is 41.8 Å². The first-order valence-electron chi connectivity index (χ1n) is 5.67. The largest absolute Gasteiger partial charge is 0.543 e. The number of halogens is 1. The van der Waals surface area contributed by atoms with Gasteiger partial charge < -0.3 is 14.5 Å². The first-order chi connectivity index (χ1) is 9.15. The first-order valence-corrected chi connectivity index (χ1v) is 6.55. The third kappa shape index (κ3) is 2.13. The van der Waals surface area contributed by atoms with Gasteiger partial charge in [-0.25, -0.2) is 4.39 Å². The molecule has 19 heavy (non-hydrogen) atoms. The zero-order chi connectivity index (χ0) is 13.4. The van der Waals surface area contributed by atoms with E-state index in [2.05, 4.69) is 0 Å². The summed E-state index contributed by atoms with van der Waals surface area (Å²) in [4.78, 5) is 11.1. The molecule has 96 valence electrons. The monoisotopic (exact) mass is 274 g/mol. The Labute approximate surface area is 112 Å². The molecule has 0 amide bonds. The van der Waals surface area contributed by atoms with Gasteiger partial charge in [0, 0.05) is 6.54 Å². The molecule has 1 aromatic carbocycles. The smallest absolute Gasteiger partial charge is 0.123 e. The van der Waals surface area contributed by atoms with Crippen molar-refractivity contribution in [1.29, 1.82) is 0 Å². The summed E-state index contributed by atoms with van der Waals surface area (Å²) < 4.78 is 15.4. The summed E-state index contributed by atoms with van der Waals surface area (Å²) in [5, 5.41) is 13.1. The minimum Gasteiger partial charge on any atom is -0.543 e. The van der Waals surface area contributed by atoms with E-state index in [1.54, 1.807) is 22.8 Å². The molecule has 0 saturated carbocycles. The van der Waals surface area contributed by atoms with Gasteiger partial charge in [0.2, 0.25) is 0 Å². The van der Waals surface area contributed by atoms with Crippen LogP contribution in [0.2, 0.25) is 0 Å². The zero-order valence-electron chi connectivity index (χ0n) is 9.80. The third-order valence-corrected chi connectivity index (χ3v) is 3.84. The van der Waals surface area contributed by atoms with Crippen molar-refractivity contribution in [1.82, 2.24) is 4.57 Å². The Morgan fingerprint density at radius 3 is 2.68 bits per heavy atom. The Balaban J connectivity index is 2.07. The van der Waals surface area contributed by atoms with Crippen molar-refractivity contribution < 1.29 is 14.3 Å². The van der Waals surface area contributed by atoms with Crippen molar-refractivity contribution in [2.24, 2.45) is 0 Å². The summed E-state index contributed by atoms with van der Waals surface area (Å²) in [5.41, 5.74) is 1.84. The minimum absolute atomic E-state index is 0.145. The Hall–Kier alpha value is -2.14. The highest BCUT2D eigenvalue weighted by Gasteiger charge is 2.11. The highest BCUT2D eigenvalue weighted by molar-refractivity contribution is 7.17. The SMILES string of the molecule is O=C([O-])c1cc2sccc2n1Cc1ccc(F)cc1. The van der Waals surface area contributed by atoms with Crippen LogP contribution in [0, 0.1) is 5.82 Å². The Morgan fingerprint density at radius 1 is 1.26 bits per heavy atom. The number of hydrogen-bond acceptors (Lipinski definition) is 3. The number of aromatic nitrogens is 1. The molecule has 0 saturated heterocycles. The van der Waals surface area contributed by atoms with Gasteiger partial charge in [0.1, 0.15) is 5.82 Å². The average Bonchev–Trinajstić information content (AvgIpc) is 2.94. The molecule has 0 atom stereocenters. The molecule has 3 rings (SSSR count). The molecular weight excluding hydrogens is 265 g/mol. The summed E-state index contributed by atoms with van der Waals surface area (Å²) >= 11 is 1.48. The third-order valence-electron chi connectivity index (χ3n) is 2.99. The van der Waals surface area contributed by atoms with E-state index in [4.69, 9.17) is 0 Å². The summed E-state index contributed by atoms with van der Waals surface area (Å²) in [7, 11) is 0. The molecule has 0 spiro atoms. The number of aromatic carboxylic acids is 1. The summed E-state index contributed by atoms with van der Waals surface area (Å²) in [6.07, 6.45) is 0. The lowest BCUT2D eigenvalue weighted by Gasteiger charge is -2.11. The van der Waals surface area contributed by atoms with Crippen molar-refractivity contribution in [3.63, 3.8) is 0 Å². The van der Waals surface area contributed by atoms with Gasteiger partial charge in [-0.15, -0.1) is 11.3 Å². The number of carboxylic acids is 1. The zero-order valence-corrected chi connectivity index (χ0v) is 10.6. The van der Waals surface area contributed by atoms with Gasteiger partial charge >= 0.3 is 0 Å². The molecule has 3 nitrogen and oxygen atoms in total. The molecule has 2 heterocycles. The van der Waals surface area contributed by atoms with Crippen molar-refractivity contribution in [2.45, 2.75) is 6.54 Å². The maximum atomic E-state index is 12.9. The van der Waals surface area contributed by atoms with E-state index in [1.165, 1.54) is 23.5 Å². The fourth-order valence-electron chi connectivity index (χ4n) is 2.09. The quantitative estimate of drug-likeness (QED) is 0.735. The fraction of sp³-hybridized carbons (Fsp3) is 0.0714. The van der Waals surface area contributed by atoms with Gasteiger partial charge in [-0.2, -0.15) is 0 Å². The van der Waals surface area contributed by atoms with Crippen LogP contribution in [-0.4, -0.2) is 10.5 Å². The van der Waals surface area contributed by atoms with Crippen LogP contribution in [0.1, 0.15) is 16.1 Å². The van der Waals surface area contributed by atoms with Gasteiger partial charge in [0.05, 0.1) is 21.9 Å². The maximum Gasteiger partial charge on any atom is 0.123 e. The van der Waals surface area contributed by atoms with E-state index >= 15 is 0 Å². The molecule has 0 unspecified atom stereocenters. The van der Waals surface area contributed by atoms with Crippen LogP contribution >= 0.6 is 11.3 Å². The van der Waals surface area contributed by atoms with Crippen molar-refractivity contribution in [2.75, 3.05) is 0 Å². The van der Waals surface area contributed by atoms with Crippen LogP contribution in [0.4, 0.5) is 4.39 Å². The molecule has 0 N–H and O–H groups in total. The second-order valence-corrected chi connectivity index (χ2v) is 5.15. The van der Waals surface area contributed by atoms with Crippen LogP contribution in [-0.2, 0) is 6.54 Å². The van der Waals surface area contributed by atoms with E-state index in [0.717, 1.165) is 15.8 Å². The summed E-state index contributed by atoms with van der Waals surface area (Å²) in [5.74, 6) is -1.51. The molecule has 3 aromatic rings. The lowest BCUT2D eigenvalue weighted by molar-refractivity contribution is -0.255. The number of carbonyl (C=O) groups is 1. The van der Waals surface area contributed by atoms with Crippen LogP contribution < -0.4 is 5.11 Å². The maximum absolute atomic E-state index is 12.9. The molecular formula is C14H9FNO2S-. The van der Waals surface area contributed by atoms with E-state index in [-0.39, 0.29) is 11.5 Å². The predicted molar refractivity (Wildman–Crippen MR) is 69.6 cm³/mol. The van der Waals surface area contributed by atoms with E-state index in [0.29, 0.717) is 6.54 Å². The standard InChI is InChI=1S/C14H10FNO2S/c15-10-3-1-9(2-4-10)8-16-11-5-6-19-13(11)7-12(16)14(17)18/h1-7H,8H2,(H,17,18)/p-1. The lowest BCUT2D eigenvalue weighted by Crippen LogP contribution is -2.25. The second kappa shape index (κ2) is 4.51. The molecule has 0 bridgehead atoms. The van der Waals surface area contributed by atoms with Gasteiger partial charge in [-0.1, -0.05) is 12.1 Å². The average molecular weight is 274 g/mol. The second-order valence-electron chi connectivity index (χ2n) is 4.20. The number of nitrogens with zero attached hydrogens (tertiary/aromatic N) is 1. The molecule has 2 aromatic heterocycles. The van der Waals surface area contributed by atoms with Gasteiger partial charge in [-0.3, -0.25) is 0 Å². The molecule has 0 radical (unpaired) electrons. The number of carbonyl (C=O) groups excluding carboxylic acids is 1. The highest BCUT2D eigenvalue weighted by Crippen LogP contribution is 2.26. The molecule has 0 aliphatic heterocycles. The van der Waals surface area contributed by atoms with E-state index in [1.807, 2.05) is 11.4 Å². The molecule has 0 aliphatic carbocycles. The number of fused-ring (bicyclic) bond motifs is 1. The van der Waals surface area contributed by atoms with Gasteiger partial charge in [-0.05, 0) is 35.2 Å². The highest BCUT2D eigenvalue weighted by atomic mass is 32.1. The molecule has 0 fully saturated rings. The van der Waals surface area contributed by atoms with Crippen LogP contribution in [0.25, 0.3) is 10.2 Å². The number of carboxylic acid groups (broad SMARTS) is 1. The van der Waals surface area contributed by atoms with Crippen molar-refractivity contribution in [3.05, 3.63) is 58.9 Å². The van der Waals surface area contributed by atoms with Crippen LogP contribution in [0.5, 0.6) is 0 Å². The predicted octanol–water partition coefficient (Wildman–Crippen LogP) is 2.25. The summed E-state index contributed by atoms with van der Waals surface area (Å²) in [6, 6.07) is 9.50. The fourth-order valence-corrected chi connectivity index (χ4v) is 2.91. The number of hydrogen-bond donors (Lipinski definition) is 0. The van der Waals surface area contributed by atoms with E-state index in [9.17, 15) is 14.3 Å². The van der Waals surface area contributed by atoms with Gasteiger partial charge in [0.15, 0.2) is 0 Å². The topological polar surface area (TPSA) is 45.1 Å². The van der Waals surface area contributed by atoms with Crippen molar-refractivity contribution in [3.8, 4) is 0 Å². The molecule has 0 aliphatic rings. The Morgan fingerprint density at radius 2 is 2.00 bits per heavy atom. The van der Waals surface area contributed by atoms with Crippen LogP contribution in [0.3, 0.4) is 0 Å². The number of rotatable bonds is 3. The Kier molecular flexibility index (Phi) is 2.83. The molecule has 5 heteroatoms. The Bertz CT molecular complexity index is 742. The number of benzene rings is 1. The lowest BCUT2D eigenvalue weighted by atomic mass is 10.2. The van der Waals surface area contributed by atoms with E-state index < -0.39 is 5.97 Å². The first kappa shape index (κ1) is 11.9. The summed E-state index contributed by atoms with van der Waals surface area (Å²) in [6.45, 7) is 0.379. The van der Waals surface area contributed by atoms with Crippen molar-refractivity contribution >= 4 is 27.5 Å². The van der Waals surface area contributed by atoms with Gasteiger partial charge in [0.25, 0.3) is 0 Å².